The second kappa shape index (κ2) is 5.79. The van der Waals surface area contributed by atoms with Crippen LogP contribution in [-0.4, -0.2) is 15.9 Å². The standard InChI is InChI=1S/C13H14ClN3OS2/c1-7-10(16-12(14)19-7)11(18)17-13-15-8-5-3-2-4-6-9(8)20-13/h2-6H2,1H3,(H,15,17,18). The van der Waals surface area contributed by atoms with Crippen molar-refractivity contribution in [3.63, 3.8) is 0 Å². The number of nitrogens with one attached hydrogen (secondary N) is 1. The van der Waals surface area contributed by atoms with E-state index in [1.807, 2.05) is 6.92 Å². The normalized spacial score (nSPS) is 14.7. The van der Waals surface area contributed by atoms with E-state index in [1.165, 1.54) is 35.5 Å². The van der Waals surface area contributed by atoms with Gasteiger partial charge in [0.1, 0.15) is 5.69 Å². The predicted octanol–water partition coefficient (Wildman–Crippen LogP) is 4.08. The van der Waals surface area contributed by atoms with Gasteiger partial charge < -0.3 is 0 Å². The van der Waals surface area contributed by atoms with Crippen molar-refractivity contribution in [3.8, 4) is 0 Å². The average molecular weight is 328 g/mol. The third-order valence-corrected chi connectivity index (χ3v) is 5.45. The van der Waals surface area contributed by atoms with Crippen LogP contribution in [0.25, 0.3) is 0 Å². The summed E-state index contributed by atoms with van der Waals surface area (Å²) < 4.78 is 0.391. The number of fused-ring (bicyclic) bond motifs is 1. The Bertz CT molecular complexity index is 627. The fraction of sp³-hybridized carbons (Fsp3) is 0.462. The Morgan fingerprint density at radius 2 is 2.00 bits per heavy atom. The van der Waals surface area contributed by atoms with Gasteiger partial charge in [-0.05, 0) is 32.6 Å². The van der Waals surface area contributed by atoms with Gasteiger partial charge in [0.25, 0.3) is 5.91 Å². The van der Waals surface area contributed by atoms with Crippen molar-refractivity contribution in [3.05, 3.63) is 25.6 Å². The fourth-order valence-corrected chi connectivity index (χ4v) is 4.41. The molecule has 0 aliphatic heterocycles. The average Bonchev–Trinajstić information content (AvgIpc) is 2.85. The van der Waals surface area contributed by atoms with Gasteiger partial charge in [0.15, 0.2) is 9.60 Å². The van der Waals surface area contributed by atoms with Gasteiger partial charge in [-0.25, -0.2) is 9.97 Å². The first-order chi connectivity index (χ1) is 9.63. The van der Waals surface area contributed by atoms with E-state index in [9.17, 15) is 4.79 Å². The number of carbonyl (C=O) groups is 1. The Morgan fingerprint density at radius 3 is 2.75 bits per heavy atom. The first-order valence-electron chi connectivity index (χ1n) is 6.56. The summed E-state index contributed by atoms with van der Waals surface area (Å²) >= 11 is 8.73. The molecule has 2 aromatic rings. The highest BCUT2D eigenvalue weighted by molar-refractivity contribution is 7.16. The van der Waals surface area contributed by atoms with Gasteiger partial charge in [-0.1, -0.05) is 18.0 Å². The summed E-state index contributed by atoms with van der Waals surface area (Å²) in [7, 11) is 0. The molecule has 7 heteroatoms. The molecular weight excluding hydrogens is 314 g/mol. The molecular formula is C13H14ClN3OS2. The molecule has 2 heterocycles. The van der Waals surface area contributed by atoms with Gasteiger partial charge in [0.05, 0.1) is 5.69 Å². The smallest absolute Gasteiger partial charge is 0.277 e. The maximum absolute atomic E-state index is 12.2. The van der Waals surface area contributed by atoms with E-state index in [0.29, 0.717) is 15.3 Å². The molecule has 20 heavy (non-hydrogen) atoms. The molecule has 3 rings (SSSR count). The van der Waals surface area contributed by atoms with Crippen LogP contribution in [0.1, 0.15) is 45.2 Å². The molecule has 0 bridgehead atoms. The SMILES string of the molecule is Cc1sc(Cl)nc1C(=O)Nc1nc2c(s1)CCCCC2. The number of rotatable bonds is 2. The number of nitrogens with zero attached hydrogens (tertiary/aromatic N) is 2. The first-order valence-corrected chi connectivity index (χ1v) is 8.57. The van der Waals surface area contributed by atoms with Crippen LogP contribution >= 0.6 is 34.3 Å². The second-order valence-electron chi connectivity index (χ2n) is 4.78. The zero-order valence-corrected chi connectivity index (χ0v) is 13.4. The third kappa shape index (κ3) is 2.87. The molecule has 0 saturated heterocycles. The lowest BCUT2D eigenvalue weighted by molar-refractivity contribution is 0.102. The van der Waals surface area contributed by atoms with Crippen LogP contribution in [-0.2, 0) is 12.8 Å². The molecule has 1 amide bonds. The third-order valence-electron chi connectivity index (χ3n) is 3.30. The van der Waals surface area contributed by atoms with Gasteiger partial charge in [-0.3, -0.25) is 10.1 Å². The second-order valence-corrected chi connectivity index (χ2v) is 7.64. The summed E-state index contributed by atoms with van der Waals surface area (Å²) in [6, 6.07) is 0. The van der Waals surface area contributed by atoms with E-state index in [2.05, 4.69) is 15.3 Å². The van der Waals surface area contributed by atoms with Crippen molar-refractivity contribution in [1.82, 2.24) is 9.97 Å². The maximum atomic E-state index is 12.2. The number of carbonyl (C=O) groups excluding carboxylic acids is 1. The van der Waals surface area contributed by atoms with Crippen molar-refractivity contribution in [2.45, 2.75) is 39.0 Å². The summed E-state index contributed by atoms with van der Waals surface area (Å²) in [6.07, 6.45) is 5.75. The first kappa shape index (κ1) is 14.0. The van der Waals surface area contributed by atoms with E-state index < -0.39 is 0 Å². The Balaban J connectivity index is 1.78. The number of aryl methyl sites for hydroxylation is 3. The molecule has 0 radical (unpaired) electrons. The monoisotopic (exact) mass is 327 g/mol. The van der Waals surface area contributed by atoms with Crippen molar-refractivity contribution in [1.29, 1.82) is 0 Å². The van der Waals surface area contributed by atoms with E-state index in [4.69, 9.17) is 11.6 Å². The molecule has 1 aliphatic carbocycles. The van der Waals surface area contributed by atoms with Crippen LogP contribution in [0.2, 0.25) is 4.47 Å². The minimum absolute atomic E-state index is 0.227. The van der Waals surface area contributed by atoms with Crippen LogP contribution in [0.15, 0.2) is 0 Å². The molecule has 0 spiro atoms. The number of aromatic nitrogens is 2. The van der Waals surface area contributed by atoms with Crippen LogP contribution < -0.4 is 5.32 Å². The van der Waals surface area contributed by atoms with Gasteiger partial charge >= 0.3 is 0 Å². The molecule has 0 saturated carbocycles. The van der Waals surface area contributed by atoms with Gasteiger partial charge in [0, 0.05) is 9.75 Å². The lowest BCUT2D eigenvalue weighted by atomic mass is 10.2. The molecule has 0 aromatic carbocycles. The Kier molecular flexibility index (Phi) is 4.05. The molecule has 2 aromatic heterocycles. The summed E-state index contributed by atoms with van der Waals surface area (Å²) in [5.41, 5.74) is 1.54. The van der Waals surface area contributed by atoms with Crippen LogP contribution in [0.5, 0.6) is 0 Å². The highest BCUT2D eigenvalue weighted by atomic mass is 35.5. The van der Waals surface area contributed by atoms with Crippen LogP contribution in [0.3, 0.4) is 0 Å². The van der Waals surface area contributed by atoms with Crippen molar-refractivity contribution in [2.75, 3.05) is 5.32 Å². The summed E-state index contributed by atoms with van der Waals surface area (Å²) in [4.78, 5) is 22.9. The highest BCUT2D eigenvalue weighted by Crippen LogP contribution is 2.29. The van der Waals surface area contributed by atoms with Crippen LogP contribution in [0, 0.1) is 6.92 Å². The number of halogens is 1. The summed E-state index contributed by atoms with van der Waals surface area (Å²) in [6.45, 7) is 1.84. The van der Waals surface area contributed by atoms with E-state index in [0.717, 1.165) is 23.4 Å². The zero-order valence-electron chi connectivity index (χ0n) is 11.0. The molecule has 0 fully saturated rings. The lowest BCUT2D eigenvalue weighted by Crippen LogP contribution is -2.13. The maximum Gasteiger partial charge on any atom is 0.277 e. The van der Waals surface area contributed by atoms with Crippen molar-refractivity contribution >= 4 is 45.3 Å². The minimum Gasteiger partial charge on any atom is -0.296 e. The number of hydrogen-bond donors (Lipinski definition) is 1. The molecule has 0 unspecified atom stereocenters. The molecule has 106 valence electrons. The van der Waals surface area contributed by atoms with Gasteiger partial charge in [-0.2, -0.15) is 0 Å². The number of hydrogen-bond acceptors (Lipinski definition) is 5. The Morgan fingerprint density at radius 1 is 1.20 bits per heavy atom. The van der Waals surface area contributed by atoms with Crippen LogP contribution in [0.4, 0.5) is 5.13 Å². The van der Waals surface area contributed by atoms with Crippen molar-refractivity contribution in [2.24, 2.45) is 0 Å². The lowest BCUT2D eigenvalue weighted by Gasteiger charge is -1.99. The van der Waals surface area contributed by atoms with E-state index in [-0.39, 0.29) is 5.91 Å². The van der Waals surface area contributed by atoms with Gasteiger partial charge in [-0.15, -0.1) is 22.7 Å². The highest BCUT2D eigenvalue weighted by Gasteiger charge is 2.19. The topological polar surface area (TPSA) is 54.9 Å². The predicted molar refractivity (Wildman–Crippen MR) is 83.2 cm³/mol. The summed E-state index contributed by atoms with van der Waals surface area (Å²) in [5, 5.41) is 3.52. The molecule has 1 N–H and O–H groups in total. The molecule has 4 nitrogen and oxygen atoms in total. The quantitative estimate of drug-likeness (QED) is 0.845. The van der Waals surface area contributed by atoms with Crippen molar-refractivity contribution < 1.29 is 4.79 Å². The fourth-order valence-electron chi connectivity index (χ4n) is 2.31. The van der Waals surface area contributed by atoms with E-state index in [1.54, 1.807) is 11.3 Å². The number of anilines is 1. The van der Waals surface area contributed by atoms with E-state index >= 15 is 0 Å². The Hall–Kier alpha value is -0.980. The van der Waals surface area contributed by atoms with Gasteiger partial charge in [0.2, 0.25) is 0 Å². The zero-order chi connectivity index (χ0) is 14.1. The molecule has 0 atom stereocenters. The summed E-state index contributed by atoms with van der Waals surface area (Å²) in [5.74, 6) is -0.227. The molecule has 1 aliphatic rings. The largest absolute Gasteiger partial charge is 0.296 e. The Labute approximate surface area is 130 Å². The number of amides is 1. The minimum atomic E-state index is -0.227. The number of thiazole rings is 2.